The first kappa shape index (κ1) is 34.3. The van der Waals surface area contributed by atoms with Crippen LogP contribution in [-0.2, 0) is 26.2 Å². The topological polar surface area (TPSA) is 96.0 Å². The molecule has 0 aromatic heterocycles. The third kappa shape index (κ3) is 9.14. The lowest BCUT2D eigenvalue weighted by Gasteiger charge is -2.33. The zero-order valence-electron chi connectivity index (χ0n) is 25.1. The quantitative estimate of drug-likeness (QED) is 0.143. The number of thioether (sulfide) groups is 1. The maximum atomic E-state index is 14.2. The van der Waals surface area contributed by atoms with Crippen LogP contribution in [0.4, 0.5) is 5.69 Å². The van der Waals surface area contributed by atoms with Gasteiger partial charge in [-0.3, -0.25) is 13.9 Å². The van der Waals surface area contributed by atoms with E-state index in [1.807, 2.05) is 27.0 Å². The largest absolute Gasteiger partial charge is 0.494 e. The monoisotopic (exact) mass is 645 g/mol. The van der Waals surface area contributed by atoms with E-state index in [1.165, 1.54) is 28.8 Å². The van der Waals surface area contributed by atoms with Crippen molar-refractivity contribution in [3.63, 3.8) is 0 Å². The molecule has 43 heavy (non-hydrogen) atoms. The number of unbranched alkanes of at least 4 members (excludes halogenated alkanes) is 1. The van der Waals surface area contributed by atoms with Gasteiger partial charge in [0.05, 0.1) is 17.2 Å². The molecule has 0 unspecified atom stereocenters. The second-order valence-corrected chi connectivity index (χ2v) is 12.9. The molecule has 0 saturated heterocycles. The molecule has 1 atom stereocenters. The molecule has 0 fully saturated rings. The zero-order valence-corrected chi connectivity index (χ0v) is 27.5. The summed E-state index contributed by atoms with van der Waals surface area (Å²) in [4.78, 5) is 29.9. The summed E-state index contributed by atoms with van der Waals surface area (Å²) in [7, 11) is -4.17. The summed E-state index contributed by atoms with van der Waals surface area (Å²) in [6, 6.07) is 19.4. The molecule has 0 spiro atoms. The molecule has 8 nitrogen and oxygen atoms in total. The van der Waals surface area contributed by atoms with Gasteiger partial charge in [0, 0.05) is 23.0 Å². The van der Waals surface area contributed by atoms with Gasteiger partial charge in [-0.25, -0.2) is 8.42 Å². The third-order valence-corrected chi connectivity index (χ3v) is 9.78. The number of carbonyl (C=O) groups is 2. The van der Waals surface area contributed by atoms with Gasteiger partial charge in [-0.1, -0.05) is 50.1 Å². The SMILES string of the molecule is CCCCNC(=O)[C@@H](CC)N(Cc1ccccc1Cl)C(=O)CN(c1ccc(OCC)cc1)S(=O)(=O)c1ccc(SC)cc1. The van der Waals surface area contributed by atoms with Crippen LogP contribution in [0.25, 0.3) is 0 Å². The Morgan fingerprint density at radius 3 is 2.23 bits per heavy atom. The van der Waals surface area contributed by atoms with Crippen LogP contribution in [0.2, 0.25) is 5.02 Å². The number of hydrogen-bond acceptors (Lipinski definition) is 6. The Morgan fingerprint density at radius 1 is 0.977 bits per heavy atom. The fourth-order valence-corrected chi connectivity index (χ4v) is 6.53. The number of nitrogens with zero attached hydrogens (tertiary/aromatic N) is 2. The van der Waals surface area contributed by atoms with E-state index in [9.17, 15) is 18.0 Å². The minimum absolute atomic E-state index is 0.0395. The van der Waals surface area contributed by atoms with Crippen LogP contribution in [0.5, 0.6) is 5.75 Å². The third-order valence-electron chi connectivity index (χ3n) is 6.88. The number of anilines is 1. The van der Waals surface area contributed by atoms with E-state index in [1.54, 1.807) is 60.7 Å². The van der Waals surface area contributed by atoms with Crippen molar-refractivity contribution < 1.29 is 22.7 Å². The van der Waals surface area contributed by atoms with E-state index < -0.39 is 28.5 Å². The first-order valence-electron chi connectivity index (χ1n) is 14.4. The average molecular weight is 646 g/mol. The number of hydrogen-bond donors (Lipinski definition) is 1. The number of rotatable bonds is 16. The highest BCUT2D eigenvalue weighted by atomic mass is 35.5. The van der Waals surface area contributed by atoms with Gasteiger partial charge in [0.15, 0.2) is 0 Å². The molecule has 0 aliphatic rings. The summed E-state index contributed by atoms with van der Waals surface area (Å²) < 4.78 is 34.8. The number of amides is 2. The summed E-state index contributed by atoms with van der Waals surface area (Å²) in [6.07, 6.45) is 3.95. The predicted octanol–water partition coefficient (Wildman–Crippen LogP) is 6.38. The molecule has 0 bridgehead atoms. The number of nitrogens with one attached hydrogen (secondary N) is 1. The lowest BCUT2D eigenvalue weighted by molar-refractivity contribution is -0.140. The molecule has 1 N–H and O–H groups in total. The van der Waals surface area contributed by atoms with Crippen LogP contribution < -0.4 is 14.4 Å². The van der Waals surface area contributed by atoms with Crippen LogP contribution in [-0.4, -0.2) is 57.1 Å². The molecular weight excluding hydrogens is 606 g/mol. The van der Waals surface area contributed by atoms with Crippen molar-refractivity contribution in [3.8, 4) is 5.75 Å². The molecule has 0 radical (unpaired) electrons. The second-order valence-electron chi connectivity index (χ2n) is 9.80. The Labute approximate surface area is 264 Å². The van der Waals surface area contributed by atoms with Crippen LogP contribution in [0, 0.1) is 0 Å². The van der Waals surface area contributed by atoms with Gasteiger partial charge in [-0.05, 0) is 86.2 Å². The van der Waals surface area contributed by atoms with E-state index in [0.717, 1.165) is 22.0 Å². The summed E-state index contributed by atoms with van der Waals surface area (Å²) in [6.45, 7) is 6.17. The van der Waals surface area contributed by atoms with Gasteiger partial charge < -0.3 is 15.0 Å². The minimum Gasteiger partial charge on any atom is -0.494 e. The first-order chi connectivity index (χ1) is 20.7. The highest BCUT2D eigenvalue weighted by Crippen LogP contribution is 2.28. The standard InChI is InChI=1S/C32H40ClN3O5S2/c1-5-8-21-34-32(38)30(6-2)35(22-24-11-9-10-12-29(24)33)31(37)23-36(25-13-15-26(16-14-25)41-7-3)43(39,40)28-19-17-27(42-4)18-20-28/h9-20,30H,5-8,21-23H2,1-4H3,(H,34,38)/t30-/m1/s1. The van der Waals surface area contributed by atoms with E-state index in [-0.39, 0.29) is 17.3 Å². The molecule has 3 aromatic rings. The number of halogens is 1. The molecule has 232 valence electrons. The lowest BCUT2D eigenvalue weighted by atomic mass is 10.1. The second kappa shape index (κ2) is 16.6. The summed E-state index contributed by atoms with van der Waals surface area (Å²) >= 11 is 7.96. The average Bonchev–Trinajstić information content (AvgIpc) is 3.01. The van der Waals surface area contributed by atoms with E-state index in [2.05, 4.69) is 5.32 Å². The molecule has 3 rings (SSSR count). The number of ether oxygens (including phenoxy) is 1. The molecular formula is C32H40ClN3O5S2. The van der Waals surface area contributed by atoms with Crippen molar-refractivity contribution >= 4 is 50.9 Å². The highest BCUT2D eigenvalue weighted by Gasteiger charge is 2.34. The Balaban J connectivity index is 2.05. The molecule has 3 aromatic carbocycles. The van der Waals surface area contributed by atoms with Gasteiger partial charge in [0.2, 0.25) is 11.8 Å². The van der Waals surface area contributed by atoms with Crippen molar-refractivity contribution in [2.45, 2.75) is 62.4 Å². The summed E-state index contributed by atoms with van der Waals surface area (Å²) in [5, 5.41) is 3.38. The van der Waals surface area contributed by atoms with Gasteiger partial charge in [0.25, 0.3) is 10.0 Å². The summed E-state index contributed by atoms with van der Waals surface area (Å²) in [5.41, 5.74) is 0.948. The van der Waals surface area contributed by atoms with Gasteiger partial charge in [0.1, 0.15) is 18.3 Å². The molecule has 11 heteroatoms. The van der Waals surface area contributed by atoms with Crippen molar-refractivity contribution in [1.82, 2.24) is 10.2 Å². The van der Waals surface area contributed by atoms with Crippen LogP contribution in [0.1, 0.15) is 45.6 Å². The van der Waals surface area contributed by atoms with E-state index in [4.69, 9.17) is 16.3 Å². The number of carbonyl (C=O) groups excluding carboxylic acids is 2. The maximum absolute atomic E-state index is 14.2. The van der Waals surface area contributed by atoms with Gasteiger partial charge in [-0.15, -0.1) is 11.8 Å². The minimum atomic E-state index is -4.17. The van der Waals surface area contributed by atoms with Crippen molar-refractivity contribution in [3.05, 3.63) is 83.4 Å². The van der Waals surface area contributed by atoms with E-state index in [0.29, 0.717) is 41.6 Å². The zero-order chi connectivity index (χ0) is 31.4. The molecule has 0 aliphatic carbocycles. The fourth-order valence-electron chi connectivity index (χ4n) is 4.51. The Bertz CT molecular complexity index is 1450. The normalized spacial score (nSPS) is 11.9. The fraction of sp³-hybridized carbons (Fsp3) is 0.375. The Hall–Kier alpha value is -3.21. The highest BCUT2D eigenvalue weighted by molar-refractivity contribution is 7.98. The number of sulfonamides is 1. The van der Waals surface area contributed by atoms with Crippen LogP contribution >= 0.6 is 23.4 Å². The lowest BCUT2D eigenvalue weighted by Crippen LogP contribution is -2.52. The van der Waals surface area contributed by atoms with Crippen molar-refractivity contribution in [2.75, 3.05) is 30.3 Å². The molecule has 0 aliphatic heterocycles. The van der Waals surface area contributed by atoms with Gasteiger partial charge >= 0.3 is 0 Å². The summed E-state index contributed by atoms with van der Waals surface area (Å²) in [5.74, 6) is -0.246. The predicted molar refractivity (Wildman–Crippen MR) is 174 cm³/mol. The van der Waals surface area contributed by atoms with Gasteiger partial charge in [-0.2, -0.15) is 0 Å². The van der Waals surface area contributed by atoms with Crippen LogP contribution in [0.15, 0.2) is 82.6 Å². The van der Waals surface area contributed by atoms with Crippen LogP contribution in [0.3, 0.4) is 0 Å². The molecule has 0 saturated carbocycles. The van der Waals surface area contributed by atoms with Crippen molar-refractivity contribution in [2.24, 2.45) is 0 Å². The first-order valence-corrected chi connectivity index (χ1v) is 17.4. The molecule has 0 heterocycles. The number of benzene rings is 3. The van der Waals surface area contributed by atoms with E-state index >= 15 is 0 Å². The Kier molecular flexibility index (Phi) is 13.2. The van der Waals surface area contributed by atoms with Crippen molar-refractivity contribution in [1.29, 1.82) is 0 Å². The maximum Gasteiger partial charge on any atom is 0.264 e. The smallest absolute Gasteiger partial charge is 0.264 e. The molecule has 2 amide bonds. The Morgan fingerprint density at radius 2 is 1.65 bits per heavy atom.